The Kier molecular flexibility index (Phi) is 7.32. The van der Waals surface area contributed by atoms with Crippen LogP contribution in [0.15, 0.2) is 35.0 Å². The molecule has 210 valence electrons. The molecule has 8 heteroatoms. The Bertz CT molecular complexity index is 1350. The van der Waals surface area contributed by atoms with E-state index in [1.54, 1.807) is 6.26 Å². The number of aryl methyl sites for hydroxylation is 1. The number of aromatic hydroxyl groups is 1. The van der Waals surface area contributed by atoms with Gasteiger partial charge in [-0.25, -0.2) is 0 Å². The lowest BCUT2D eigenvalue weighted by Gasteiger charge is -2.46. The summed E-state index contributed by atoms with van der Waals surface area (Å²) in [6.45, 7) is 9.36. The molecular weight excluding hydrogens is 500 g/mol. The fourth-order valence-electron chi connectivity index (χ4n) is 6.44. The molecule has 0 aromatic heterocycles. The summed E-state index contributed by atoms with van der Waals surface area (Å²) >= 11 is 0. The summed E-state index contributed by atoms with van der Waals surface area (Å²) in [7, 11) is 1.53. The van der Waals surface area contributed by atoms with Crippen molar-refractivity contribution in [2.24, 2.45) is 17.3 Å². The van der Waals surface area contributed by atoms with Crippen LogP contribution >= 0.6 is 0 Å². The molecule has 0 unspecified atom stereocenters. The summed E-state index contributed by atoms with van der Waals surface area (Å²) in [5.74, 6) is -5.34. The van der Waals surface area contributed by atoms with E-state index in [4.69, 9.17) is 4.74 Å². The van der Waals surface area contributed by atoms with Gasteiger partial charge in [0.25, 0.3) is 0 Å². The molecule has 0 fully saturated rings. The zero-order valence-corrected chi connectivity index (χ0v) is 23.5. The monoisotopic (exact) mass is 538 g/mol. The maximum atomic E-state index is 14.0. The molecule has 3 aliphatic carbocycles. The van der Waals surface area contributed by atoms with Crippen molar-refractivity contribution >= 4 is 22.9 Å². The van der Waals surface area contributed by atoms with E-state index in [-0.39, 0.29) is 41.6 Å². The number of rotatable bonds is 6. The second-order valence-electron chi connectivity index (χ2n) is 12.3. The Hall–Kier alpha value is -3.39. The Morgan fingerprint density at radius 3 is 2.41 bits per heavy atom. The Morgan fingerprint density at radius 2 is 1.82 bits per heavy atom. The van der Waals surface area contributed by atoms with Gasteiger partial charge in [-0.15, -0.1) is 0 Å². The molecule has 1 aromatic rings. The topological polar surface area (TPSA) is 141 Å². The van der Waals surface area contributed by atoms with Gasteiger partial charge in [0.2, 0.25) is 5.78 Å². The van der Waals surface area contributed by atoms with Crippen LogP contribution < -0.4 is 0 Å². The molecule has 4 rings (SSSR count). The lowest BCUT2D eigenvalue weighted by molar-refractivity contribution is -0.144. The molecule has 0 saturated carbocycles. The molecule has 0 spiro atoms. The van der Waals surface area contributed by atoms with Gasteiger partial charge in [-0.05, 0) is 85.6 Å². The highest BCUT2D eigenvalue weighted by molar-refractivity contribution is 6.25. The third kappa shape index (κ3) is 4.69. The quantitative estimate of drug-likeness (QED) is 0.291. The molecule has 0 aliphatic heterocycles. The third-order valence-electron chi connectivity index (χ3n) is 8.34. The van der Waals surface area contributed by atoms with Crippen LogP contribution in [0.5, 0.6) is 5.75 Å². The average Bonchev–Trinajstić information content (AvgIpc) is 2.81. The van der Waals surface area contributed by atoms with Gasteiger partial charge in [-0.2, -0.15) is 0 Å². The van der Waals surface area contributed by atoms with Crippen molar-refractivity contribution in [3.8, 4) is 5.75 Å². The first kappa shape index (κ1) is 28.6. The molecule has 3 aliphatic rings. The second-order valence-corrected chi connectivity index (χ2v) is 12.3. The standard InChI is InChI=1S/C31H38O8/c1-15(14-39-6)20-11-17(8-7-9-30(3,4)5)26(34)25-21(20)12-18-10-19-13-22(33)23(16(2)32)28(36)31(19,38)29(37)24(18)27(25)35/h11,14,18-19,33-34,37-38H,7-10,12-13H2,1-6H3/b15-14+/t18-,19+,31-/m1/s1. The van der Waals surface area contributed by atoms with Crippen LogP contribution in [0, 0.1) is 17.3 Å². The predicted molar refractivity (Wildman–Crippen MR) is 145 cm³/mol. The number of ether oxygens (including phenoxy) is 1. The number of carbonyl (C=O) groups excluding carboxylic acids is 3. The summed E-state index contributed by atoms with van der Waals surface area (Å²) in [5.41, 5.74) is -0.309. The number of fused-ring (bicyclic) bond motifs is 3. The summed E-state index contributed by atoms with van der Waals surface area (Å²) in [4.78, 5) is 39.3. The van der Waals surface area contributed by atoms with Crippen LogP contribution in [-0.2, 0) is 27.2 Å². The minimum Gasteiger partial charge on any atom is -0.511 e. The molecule has 1 aromatic carbocycles. The highest BCUT2D eigenvalue weighted by Crippen LogP contribution is 2.52. The van der Waals surface area contributed by atoms with Gasteiger partial charge in [0, 0.05) is 17.9 Å². The van der Waals surface area contributed by atoms with Crippen molar-refractivity contribution in [1.29, 1.82) is 0 Å². The molecular formula is C31H38O8. The van der Waals surface area contributed by atoms with Crippen LogP contribution in [0.1, 0.15) is 87.4 Å². The molecule has 8 nitrogen and oxygen atoms in total. The molecule has 39 heavy (non-hydrogen) atoms. The molecule has 4 N–H and O–H groups in total. The lowest BCUT2D eigenvalue weighted by atomic mass is 9.59. The number of methoxy groups -OCH3 is 1. The predicted octanol–water partition coefficient (Wildman–Crippen LogP) is 5.06. The lowest BCUT2D eigenvalue weighted by Crippen LogP contribution is -2.56. The van der Waals surface area contributed by atoms with Gasteiger partial charge in [0.05, 0.1) is 18.9 Å². The average molecular weight is 539 g/mol. The minimum absolute atomic E-state index is 0.0513. The van der Waals surface area contributed by atoms with Gasteiger partial charge >= 0.3 is 0 Å². The molecule has 0 radical (unpaired) electrons. The number of aliphatic hydroxyl groups is 3. The van der Waals surface area contributed by atoms with E-state index in [1.165, 1.54) is 7.11 Å². The summed E-state index contributed by atoms with van der Waals surface area (Å²) < 4.78 is 5.24. The maximum absolute atomic E-state index is 14.0. The minimum atomic E-state index is -2.50. The van der Waals surface area contributed by atoms with E-state index in [1.807, 2.05) is 13.0 Å². The van der Waals surface area contributed by atoms with E-state index < -0.39 is 51.9 Å². The largest absolute Gasteiger partial charge is 0.511 e. The normalized spacial score (nSPS) is 25.4. The van der Waals surface area contributed by atoms with Crippen molar-refractivity contribution < 1.29 is 39.5 Å². The fraction of sp³-hybridized carbons (Fsp3) is 0.516. The van der Waals surface area contributed by atoms with Gasteiger partial charge in [-0.1, -0.05) is 20.8 Å². The SMILES string of the molecule is CO/C=C(\C)c1cc(CCCC(C)(C)C)c(O)c2c1C[C@H]1C[C@H]3CC(O)=C(C(C)=O)C(=O)[C@@]3(O)C(O)=C1C2=O. The van der Waals surface area contributed by atoms with Crippen LogP contribution in [0.25, 0.3) is 5.57 Å². The third-order valence-corrected chi connectivity index (χ3v) is 8.34. The number of ketones is 3. The molecule has 0 bridgehead atoms. The number of Topliss-reactive ketones (excluding diaryl/α,β-unsaturated/α-hetero) is 3. The van der Waals surface area contributed by atoms with Gasteiger partial charge < -0.3 is 25.2 Å². The first-order valence-corrected chi connectivity index (χ1v) is 13.4. The number of phenols is 1. The first-order chi connectivity index (χ1) is 18.1. The summed E-state index contributed by atoms with van der Waals surface area (Å²) in [5, 5.41) is 44.6. The summed E-state index contributed by atoms with van der Waals surface area (Å²) in [6, 6.07) is 1.89. The van der Waals surface area contributed by atoms with Crippen molar-refractivity contribution in [2.75, 3.05) is 7.11 Å². The number of aliphatic hydroxyl groups excluding tert-OH is 2. The number of phenolic OH excluding ortho intramolecular Hbond substituents is 1. The van der Waals surface area contributed by atoms with Crippen LogP contribution in [0.3, 0.4) is 0 Å². The zero-order chi connectivity index (χ0) is 29.0. The number of hydrogen-bond acceptors (Lipinski definition) is 8. The Balaban J connectivity index is 1.88. The van der Waals surface area contributed by atoms with Gasteiger partial charge in [0.15, 0.2) is 17.2 Å². The fourth-order valence-corrected chi connectivity index (χ4v) is 6.44. The molecule has 3 atom stereocenters. The van der Waals surface area contributed by atoms with E-state index >= 15 is 0 Å². The van der Waals surface area contributed by atoms with Crippen molar-refractivity contribution in [3.05, 3.63) is 57.2 Å². The smallest absolute Gasteiger partial charge is 0.209 e. The van der Waals surface area contributed by atoms with Gasteiger partial charge in [-0.3, -0.25) is 14.4 Å². The highest BCUT2D eigenvalue weighted by atomic mass is 16.5. The molecule has 0 amide bonds. The Morgan fingerprint density at radius 1 is 1.15 bits per heavy atom. The first-order valence-electron chi connectivity index (χ1n) is 13.4. The number of allylic oxidation sites excluding steroid dienone is 3. The maximum Gasteiger partial charge on any atom is 0.209 e. The van der Waals surface area contributed by atoms with E-state index in [0.29, 0.717) is 17.5 Å². The van der Waals surface area contributed by atoms with Crippen LogP contribution in [-0.4, -0.2) is 50.5 Å². The highest BCUT2D eigenvalue weighted by Gasteiger charge is 2.59. The van der Waals surface area contributed by atoms with Crippen LogP contribution in [0.2, 0.25) is 0 Å². The second kappa shape index (κ2) is 9.97. The van der Waals surface area contributed by atoms with Crippen molar-refractivity contribution in [1.82, 2.24) is 0 Å². The van der Waals surface area contributed by atoms with Gasteiger partial charge in [0.1, 0.15) is 22.8 Å². The van der Waals surface area contributed by atoms with E-state index in [0.717, 1.165) is 30.9 Å². The van der Waals surface area contributed by atoms with E-state index in [2.05, 4.69) is 20.8 Å². The number of hydrogen-bond donors (Lipinski definition) is 4. The number of carbonyl (C=O) groups is 3. The van der Waals surface area contributed by atoms with E-state index in [9.17, 15) is 34.8 Å². The molecule has 0 heterocycles. The van der Waals surface area contributed by atoms with Crippen molar-refractivity contribution in [3.63, 3.8) is 0 Å². The summed E-state index contributed by atoms with van der Waals surface area (Å²) in [6.07, 6.45) is 4.01. The Labute approximate surface area is 228 Å². The number of benzene rings is 1. The van der Waals surface area contributed by atoms with Crippen LogP contribution in [0.4, 0.5) is 0 Å². The zero-order valence-electron chi connectivity index (χ0n) is 23.5. The van der Waals surface area contributed by atoms with Crippen molar-refractivity contribution in [2.45, 2.75) is 78.7 Å². The molecule has 0 saturated heterocycles.